The number of sulfonamides is 1. The standard InChI is InChI=1S/C24H23F3N2O5S/c1-33-21-13-12-17(15-22(21)34-2)35(31,32)29-20(14-16-8-4-3-5-9-16)23(30)28-19-11-7-6-10-18(19)24(25,26)27/h3-13,15,20,29H,14H2,1-2H3,(H,28,30)/t20-/m1/s1. The van der Waals surface area contributed by atoms with Gasteiger partial charge in [-0.25, -0.2) is 8.42 Å². The molecule has 0 aromatic heterocycles. The largest absolute Gasteiger partial charge is 0.493 e. The van der Waals surface area contributed by atoms with Crippen molar-refractivity contribution in [2.75, 3.05) is 19.5 Å². The van der Waals surface area contributed by atoms with Gasteiger partial charge in [0.15, 0.2) is 11.5 Å². The molecule has 0 unspecified atom stereocenters. The quantitative estimate of drug-likeness (QED) is 0.451. The lowest BCUT2D eigenvalue weighted by Gasteiger charge is -2.21. The molecule has 0 saturated carbocycles. The minimum absolute atomic E-state index is 0.104. The topological polar surface area (TPSA) is 93.7 Å². The van der Waals surface area contributed by atoms with Crippen LogP contribution in [-0.4, -0.2) is 34.6 Å². The molecule has 3 rings (SSSR count). The molecule has 3 aromatic carbocycles. The lowest BCUT2D eigenvalue weighted by molar-refractivity contribution is -0.137. The number of ether oxygens (including phenoxy) is 2. The van der Waals surface area contributed by atoms with E-state index < -0.39 is 39.4 Å². The van der Waals surface area contributed by atoms with E-state index in [-0.39, 0.29) is 17.1 Å². The third kappa shape index (κ3) is 6.52. The average molecular weight is 509 g/mol. The van der Waals surface area contributed by atoms with E-state index in [0.717, 1.165) is 12.1 Å². The minimum atomic E-state index is -4.71. The number of benzene rings is 3. The Balaban J connectivity index is 1.94. The fraction of sp³-hybridized carbons (Fsp3) is 0.208. The van der Waals surface area contributed by atoms with Crippen LogP contribution in [0.15, 0.2) is 77.7 Å². The molecular weight excluding hydrogens is 485 g/mol. The molecule has 35 heavy (non-hydrogen) atoms. The number of methoxy groups -OCH3 is 2. The Morgan fingerprint density at radius 2 is 1.54 bits per heavy atom. The summed E-state index contributed by atoms with van der Waals surface area (Å²) in [6.07, 6.45) is -4.81. The number of halogens is 3. The normalized spacial score (nSPS) is 12.6. The Hall–Kier alpha value is -3.57. The number of carbonyl (C=O) groups is 1. The summed E-state index contributed by atoms with van der Waals surface area (Å²) in [4.78, 5) is 12.9. The number of amides is 1. The van der Waals surface area contributed by atoms with Gasteiger partial charge in [0.05, 0.1) is 30.4 Å². The van der Waals surface area contributed by atoms with Crippen LogP contribution in [0.25, 0.3) is 0 Å². The predicted molar refractivity (Wildman–Crippen MR) is 124 cm³/mol. The predicted octanol–water partition coefficient (Wildman–Crippen LogP) is 4.25. The summed E-state index contributed by atoms with van der Waals surface area (Å²) in [6.45, 7) is 0. The van der Waals surface area contributed by atoms with Crippen LogP contribution in [0, 0.1) is 0 Å². The third-order valence-electron chi connectivity index (χ3n) is 5.05. The van der Waals surface area contributed by atoms with Crippen LogP contribution in [0.5, 0.6) is 11.5 Å². The molecule has 11 heteroatoms. The molecule has 0 heterocycles. The SMILES string of the molecule is COc1ccc(S(=O)(=O)N[C@H](Cc2ccccc2)C(=O)Nc2ccccc2C(F)(F)F)cc1OC. The van der Waals surface area contributed by atoms with E-state index >= 15 is 0 Å². The van der Waals surface area contributed by atoms with E-state index in [1.807, 2.05) is 0 Å². The van der Waals surface area contributed by atoms with Gasteiger partial charge < -0.3 is 14.8 Å². The van der Waals surface area contributed by atoms with Crippen molar-refractivity contribution in [2.24, 2.45) is 0 Å². The molecule has 3 aromatic rings. The highest BCUT2D eigenvalue weighted by Gasteiger charge is 2.35. The maximum absolute atomic E-state index is 13.4. The van der Waals surface area contributed by atoms with Gasteiger partial charge in [0.2, 0.25) is 15.9 Å². The monoisotopic (exact) mass is 508 g/mol. The molecule has 0 bridgehead atoms. The van der Waals surface area contributed by atoms with Gasteiger partial charge in [0.1, 0.15) is 6.04 Å². The van der Waals surface area contributed by atoms with E-state index in [1.54, 1.807) is 30.3 Å². The molecule has 1 amide bonds. The van der Waals surface area contributed by atoms with Crippen LogP contribution in [-0.2, 0) is 27.4 Å². The molecule has 0 aliphatic heterocycles. The van der Waals surface area contributed by atoms with Gasteiger partial charge in [-0.05, 0) is 36.2 Å². The van der Waals surface area contributed by atoms with Crippen LogP contribution in [0.1, 0.15) is 11.1 Å². The van der Waals surface area contributed by atoms with Gasteiger partial charge in [-0.1, -0.05) is 42.5 Å². The molecule has 0 aliphatic carbocycles. The highest BCUT2D eigenvalue weighted by molar-refractivity contribution is 7.89. The van der Waals surface area contributed by atoms with Crippen LogP contribution >= 0.6 is 0 Å². The maximum atomic E-state index is 13.4. The molecule has 1 atom stereocenters. The third-order valence-corrected chi connectivity index (χ3v) is 6.52. The molecule has 0 aliphatic rings. The summed E-state index contributed by atoms with van der Waals surface area (Å²) in [5.41, 5.74) is -0.922. The van der Waals surface area contributed by atoms with Crippen molar-refractivity contribution in [1.29, 1.82) is 0 Å². The molecule has 0 radical (unpaired) electrons. The van der Waals surface area contributed by atoms with Gasteiger partial charge in [-0.2, -0.15) is 17.9 Å². The fourth-order valence-corrected chi connectivity index (χ4v) is 4.55. The number of rotatable bonds is 9. The number of nitrogens with one attached hydrogen (secondary N) is 2. The second-order valence-electron chi connectivity index (χ2n) is 7.41. The Morgan fingerprint density at radius 3 is 2.17 bits per heavy atom. The summed E-state index contributed by atoms with van der Waals surface area (Å²) in [5.74, 6) is -0.498. The van der Waals surface area contributed by atoms with E-state index in [9.17, 15) is 26.4 Å². The smallest absolute Gasteiger partial charge is 0.418 e. The molecule has 0 fully saturated rings. The zero-order valence-electron chi connectivity index (χ0n) is 18.8. The number of hydrogen-bond acceptors (Lipinski definition) is 5. The first-order valence-electron chi connectivity index (χ1n) is 10.3. The van der Waals surface area contributed by atoms with Gasteiger partial charge in [-0.3, -0.25) is 4.79 Å². The average Bonchev–Trinajstić information content (AvgIpc) is 2.83. The number of hydrogen-bond donors (Lipinski definition) is 2. The first-order chi connectivity index (χ1) is 16.5. The summed E-state index contributed by atoms with van der Waals surface area (Å²) in [6, 6.07) is 15.4. The number of anilines is 1. The summed E-state index contributed by atoms with van der Waals surface area (Å²) < 4.78 is 79.0. The molecule has 7 nitrogen and oxygen atoms in total. The Labute approximate surface area is 200 Å². The molecular formula is C24H23F3N2O5S. The van der Waals surface area contributed by atoms with Crippen molar-refractivity contribution < 1.29 is 35.9 Å². The van der Waals surface area contributed by atoms with Crippen LogP contribution in [0.3, 0.4) is 0 Å². The Bertz CT molecular complexity index is 1280. The van der Waals surface area contributed by atoms with Crippen LogP contribution < -0.4 is 19.5 Å². The second-order valence-corrected chi connectivity index (χ2v) is 9.13. The highest BCUT2D eigenvalue weighted by atomic mass is 32.2. The Morgan fingerprint density at radius 1 is 0.914 bits per heavy atom. The maximum Gasteiger partial charge on any atom is 0.418 e. The van der Waals surface area contributed by atoms with Crippen molar-refractivity contribution in [3.8, 4) is 11.5 Å². The van der Waals surface area contributed by atoms with Gasteiger partial charge in [0.25, 0.3) is 0 Å². The lowest BCUT2D eigenvalue weighted by atomic mass is 10.1. The molecule has 0 spiro atoms. The van der Waals surface area contributed by atoms with Crippen molar-refractivity contribution >= 4 is 21.6 Å². The zero-order valence-corrected chi connectivity index (χ0v) is 19.6. The lowest BCUT2D eigenvalue weighted by Crippen LogP contribution is -2.45. The van der Waals surface area contributed by atoms with E-state index in [2.05, 4.69) is 10.0 Å². The fourth-order valence-electron chi connectivity index (χ4n) is 3.34. The zero-order chi connectivity index (χ0) is 25.6. The van der Waals surface area contributed by atoms with E-state index in [4.69, 9.17) is 9.47 Å². The second kappa shape index (κ2) is 10.8. The number of carbonyl (C=O) groups excluding carboxylic acids is 1. The first-order valence-corrected chi connectivity index (χ1v) is 11.8. The van der Waals surface area contributed by atoms with Crippen LogP contribution in [0.2, 0.25) is 0 Å². The number of para-hydroxylation sites is 1. The van der Waals surface area contributed by atoms with Crippen molar-refractivity contribution in [1.82, 2.24) is 4.72 Å². The highest BCUT2D eigenvalue weighted by Crippen LogP contribution is 2.35. The van der Waals surface area contributed by atoms with E-state index in [1.165, 1.54) is 44.6 Å². The van der Waals surface area contributed by atoms with Crippen molar-refractivity contribution in [2.45, 2.75) is 23.5 Å². The first kappa shape index (κ1) is 26.0. The Kier molecular flexibility index (Phi) is 8.03. The molecule has 0 saturated heterocycles. The van der Waals surface area contributed by atoms with Crippen molar-refractivity contribution in [3.05, 3.63) is 83.9 Å². The van der Waals surface area contributed by atoms with Gasteiger partial charge >= 0.3 is 6.18 Å². The van der Waals surface area contributed by atoms with Crippen molar-refractivity contribution in [3.63, 3.8) is 0 Å². The minimum Gasteiger partial charge on any atom is -0.493 e. The molecule has 186 valence electrons. The van der Waals surface area contributed by atoms with E-state index in [0.29, 0.717) is 11.3 Å². The summed E-state index contributed by atoms with van der Waals surface area (Å²) in [5, 5.41) is 2.22. The van der Waals surface area contributed by atoms with Gasteiger partial charge in [-0.15, -0.1) is 0 Å². The van der Waals surface area contributed by atoms with Gasteiger partial charge in [0, 0.05) is 6.07 Å². The molecule has 2 N–H and O–H groups in total. The summed E-state index contributed by atoms with van der Waals surface area (Å²) >= 11 is 0. The number of alkyl halides is 3. The van der Waals surface area contributed by atoms with Crippen LogP contribution in [0.4, 0.5) is 18.9 Å². The summed E-state index contributed by atoms with van der Waals surface area (Å²) in [7, 11) is -1.55.